The quantitative estimate of drug-likeness (QED) is 0.888. The largest absolute Gasteiger partial charge is 0.434 e. The Hall–Kier alpha value is -2.57. The van der Waals surface area contributed by atoms with E-state index in [9.17, 15) is 13.6 Å². The SMILES string of the molecule is Cn1cc(N)cc1C(=O)NCc1ccccc1OC(F)F. The van der Waals surface area contributed by atoms with Crippen LogP contribution in [0.15, 0.2) is 36.5 Å². The molecule has 1 aromatic carbocycles. The number of amides is 1. The molecule has 0 spiro atoms. The number of benzene rings is 1. The molecule has 0 radical (unpaired) electrons. The van der Waals surface area contributed by atoms with Crippen molar-refractivity contribution in [2.75, 3.05) is 5.73 Å². The Balaban J connectivity index is 2.06. The van der Waals surface area contributed by atoms with Gasteiger partial charge in [0.1, 0.15) is 11.4 Å². The Morgan fingerprint density at radius 2 is 2.14 bits per heavy atom. The second-order valence-electron chi connectivity index (χ2n) is 4.44. The van der Waals surface area contributed by atoms with Gasteiger partial charge in [0.15, 0.2) is 0 Å². The summed E-state index contributed by atoms with van der Waals surface area (Å²) < 4.78 is 30.6. The molecule has 0 fully saturated rings. The maximum atomic E-state index is 12.3. The van der Waals surface area contributed by atoms with Crippen LogP contribution in [0, 0.1) is 0 Å². The Morgan fingerprint density at radius 3 is 2.76 bits per heavy atom. The number of alkyl halides is 2. The van der Waals surface area contributed by atoms with Crippen LogP contribution in [0.4, 0.5) is 14.5 Å². The number of carbonyl (C=O) groups excluding carboxylic acids is 1. The summed E-state index contributed by atoms with van der Waals surface area (Å²) in [7, 11) is 1.69. The minimum Gasteiger partial charge on any atom is -0.434 e. The van der Waals surface area contributed by atoms with E-state index in [1.165, 1.54) is 12.1 Å². The lowest BCUT2D eigenvalue weighted by Crippen LogP contribution is -2.25. The summed E-state index contributed by atoms with van der Waals surface area (Å²) in [6.45, 7) is -2.83. The number of ether oxygens (including phenoxy) is 1. The summed E-state index contributed by atoms with van der Waals surface area (Å²) in [5, 5.41) is 2.64. The zero-order valence-corrected chi connectivity index (χ0v) is 11.3. The van der Waals surface area contributed by atoms with Crippen molar-refractivity contribution in [3.05, 3.63) is 47.8 Å². The molecule has 1 amide bonds. The van der Waals surface area contributed by atoms with Crippen molar-refractivity contribution in [1.82, 2.24) is 9.88 Å². The van der Waals surface area contributed by atoms with Crippen LogP contribution in [0.25, 0.3) is 0 Å². The number of rotatable bonds is 5. The fourth-order valence-electron chi connectivity index (χ4n) is 1.94. The van der Waals surface area contributed by atoms with E-state index in [4.69, 9.17) is 5.73 Å². The predicted octanol–water partition coefficient (Wildman–Crippen LogP) is 2.14. The Labute approximate surface area is 120 Å². The Morgan fingerprint density at radius 1 is 1.43 bits per heavy atom. The number of nitrogen functional groups attached to an aromatic ring is 1. The van der Waals surface area contributed by atoms with Gasteiger partial charge in [-0.3, -0.25) is 4.79 Å². The molecule has 0 aliphatic rings. The fourth-order valence-corrected chi connectivity index (χ4v) is 1.94. The second-order valence-corrected chi connectivity index (χ2v) is 4.44. The van der Waals surface area contributed by atoms with Crippen molar-refractivity contribution in [2.24, 2.45) is 7.05 Å². The van der Waals surface area contributed by atoms with Gasteiger partial charge in [-0.15, -0.1) is 0 Å². The van der Waals surface area contributed by atoms with E-state index >= 15 is 0 Å². The summed E-state index contributed by atoms with van der Waals surface area (Å²) in [5.41, 5.74) is 6.93. The molecule has 2 aromatic rings. The van der Waals surface area contributed by atoms with Gasteiger partial charge in [-0.05, 0) is 12.1 Å². The van der Waals surface area contributed by atoms with Gasteiger partial charge in [-0.1, -0.05) is 18.2 Å². The number of hydrogen-bond acceptors (Lipinski definition) is 3. The second kappa shape index (κ2) is 6.25. The van der Waals surface area contributed by atoms with Crippen LogP contribution in [0.3, 0.4) is 0 Å². The van der Waals surface area contributed by atoms with Gasteiger partial charge in [-0.25, -0.2) is 0 Å². The molecule has 112 valence electrons. The van der Waals surface area contributed by atoms with E-state index in [1.54, 1.807) is 36.0 Å². The first-order chi connectivity index (χ1) is 9.97. The molecule has 0 atom stereocenters. The summed E-state index contributed by atoms with van der Waals surface area (Å²) in [6.07, 6.45) is 1.61. The smallest absolute Gasteiger partial charge is 0.387 e. The van der Waals surface area contributed by atoms with Crippen LogP contribution in [-0.4, -0.2) is 17.1 Å². The zero-order chi connectivity index (χ0) is 15.4. The molecule has 0 saturated carbocycles. The van der Waals surface area contributed by atoms with Gasteiger partial charge in [0.2, 0.25) is 0 Å². The van der Waals surface area contributed by atoms with Crippen LogP contribution in [0.1, 0.15) is 16.1 Å². The average Bonchev–Trinajstić information content (AvgIpc) is 2.76. The highest BCUT2D eigenvalue weighted by atomic mass is 19.3. The molecule has 0 unspecified atom stereocenters. The Bertz CT molecular complexity index is 641. The number of halogens is 2. The van der Waals surface area contributed by atoms with Crippen molar-refractivity contribution in [2.45, 2.75) is 13.2 Å². The molecule has 2 rings (SSSR count). The molecule has 1 aromatic heterocycles. The number of anilines is 1. The molecule has 7 heteroatoms. The Kier molecular flexibility index (Phi) is 4.42. The van der Waals surface area contributed by atoms with E-state index < -0.39 is 6.61 Å². The fraction of sp³-hybridized carbons (Fsp3) is 0.214. The topological polar surface area (TPSA) is 69.3 Å². The minimum absolute atomic E-state index is 0.0409. The van der Waals surface area contributed by atoms with Crippen LogP contribution in [0.5, 0.6) is 5.75 Å². The lowest BCUT2D eigenvalue weighted by molar-refractivity contribution is -0.0504. The molecule has 0 saturated heterocycles. The molecule has 21 heavy (non-hydrogen) atoms. The van der Waals surface area contributed by atoms with Crippen LogP contribution >= 0.6 is 0 Å². The summed E-state index contributed by atoms with van der Waals surface area (Å²) >= 11 is 0. The summed E-state index contributed by atoms with van der Waals surface area (Å²) in [6, 6.07) is 7.84. The molecule has 5 nitrogen and oxygen atoms in total. The lowest BCUT2D eigenvalue weighted by atomic mass is 10.2. The number of nitrogens with zero attached hydrogens (tertiary/aromatic N) is 1. The number of para-hydroxylation sites is 1. The number of aryl methyl sites for hydroxylation is 1. The van der Waals surface area contributed by atoms with Gasteiger partial charge >= 0.3 is 6.61 Å². The van der Waals surface area contributed by atoms with Crippen molar-refractivity contribution in [1.29, 1.82) is 0 Å². The van der Waals surface area contributed by atoms with E-state index in [1.807, 2.05) is 0 Å². The summed E-state index contributed by atoms with van der Waals surface area (Å²) in [4.78, 5) is 12.0. The van der Waals surface area contributed by atoms with Gasteiger partial charge in [0, 0.05) is 25.4 Å². The first-order valence-corrected chi connectivity index (χ1v) is 6.20. The number of hydrogen-bond donors (Lipinski definition) is 2. The van der Waals surface area contributed by atoms with Gasteiger partial charge in [0.05, 0.1) is 5.69 Å². The predicted molar refractivity (Wildman–Crippen MR) is 74.1 cm³/mol. The van der Waals surface area contributed by atoms with E-state index in [2.05, 4.69) is 10.1 Å². The third-order valence-electron chi connectivity index (χ3n) is 2.89. The van der Waals surface area contributed by atoms with E-state index in [-0.39, 0.29) is 18.2 Å². The van der Waals surface area contributed by atoms with Crippen molar-refractivity contribution in [3.63, 3.8) is 0 Å². The standard InChI is InChI=1S/C14H15F2N3O2/c1-19-8-10(17)6-11(19)13(20)18-7-9-4-2-3-5-12(9)21-14(15)16/h2-6,8,14H,7,17H2,1H3,(H,18,20). The highest BCUT2D eigenvalue weighted by molar-refractivity contribution is 5.93. The van der Waals surface area contributed by atoms with Gasteiger partial charge in [0.25, 0.3) is 5.91 Å². The van der Waals surface area contributed by atoms with Crippen LogP contribution < -0.4 is 15.8 Å². The maximum absolute atomic E-state index is 12.3. The first-order valence-electron chi connectivity index (χ1n) is 6.20. The number of nitrogens with one attached hydrogen (secondary N) is 1. The normalized spacial score (nSPS) is 10.7. The molecule has 0 bridgehead atoms. The summed E-state index contributed by atoms with van der Waals surface area (Å²) in [5.74, 6) is -0.305. The third-order valence-corrected chi connectivity index (χ3v) is 2.89. The third kappa shape index (κ3) is 3.71. The number of aromatic nitrogens is 1. The highest BCUT2D eigenvalue weighted by Gasteiger charge is 2.13. The molecule has 1 heterocycles. The van der Waals surface area contributed by atoms with Crippen molar-refractivity contribution >= 4 is 11.6 Å². The van der Waals surface area contributed by atoms with Gasteiger partial charge < -0.3 is 20.4 Å². The average molecular weight is 295 g/mol. The monoisotopic (exact) mass is 295 g/mol. The van der Waals surface area contributed by atoms with Crippen LogP contribution in [0.2, 0.25) is 0 Å². The first kappa shape index (κ1) is 14.8. The maximum Gasteiger partial charge on any atom is 0.387 e. The zero-order valence-electron chi connectivity index (χ0n) is 11.3. The van der Waals surface area contributed by atoms with E-state index in [0.29, 0.717) is 16.9 Å². The van der Waals surface area contributed by atoms with Crippen molar-refractivity contribution in [3.8, 4) is 5.75 Å². The molecule has 3 N–H and O–H groups in total. The van der Waals surface area contributed by atoms with Crippen LogP contribution in [-0.2, 0) is 13.6 Å². The molecule has 0 aliphatic carbocycles. The lowest BCUT2D eigenvalue weighted by Gasteiger charge is -2.11. The van der Waals surface area contributed by atoms with Gasteiger partial charge in [-0.2, -0.15) is 8.78 Å². The molecular formula is C14H15F2N3O2. The molecule has 0 aliphatic heterocycles. The van der Waals surface area contributed by atoms with E-state index in [0.717, 1.165) is 0 Å². The number of carbonyl (C=O) groups is 1. The minimum atomic E-state index is -2.91. The van der Waals surface area contributed by atoms with Crippen molar-refractivity contribution < 1.29 is 18.3 Å². The molecular weight excluding hydrogens is 280 g/mol. The number of nitrogens with two attached hydrogens (primary N) is 1. The highest BCUT2D eigenvalue weighted by Crippen LogP contribution is 2.20.